The van der Waals surface area contributed by atoms with Crippen LogP contribution in [0.1, 0.15) is 46.4 Å². The summed E-state index contributed by atoms with van der Waals surface area (Å²) in [6.45, 7) is 3.28. The summed E-state index contributed by atoms with van der Waals surface area (Å²) < 4.78 is 11.5. The summed E-state index contributed by atoms with van der Waals surface area (Å²) in [6.07, 6.45) is 3.42. The summed E-state index contributed by atoms with van der Waals surface area (Å²) in [5, 5.41) is 7.79. The topological polar surface area (TPSA) is 97.0 Å². The third-order valence-electron chi connectivity index (χ3n) is 7.47. The molecule has 3 aromatic carbocycles. The highest BCUT2D eigenvalue weighted by Gasteiger charge is 2.31. The first-order valence-corrected chi connectivity index (χ1v) is 13.8. The Morgan fingerprint density at radius 3 is 2.08 bits per heavy atom. The molecule has 8 heteroatoms. The van der Waals surface area contributed by atoms with E-state index in [9.17, 15) is 14.4 Å². The summed E-state index contributed by atoms with van der Waals surface area (Å²) in [4.78, 5) is 39.7. The second-order valence-corrected chi connectivity index (χ2v) is 10.1. The van der Waals surface area contributed by atoms with Crippen LogP contribution in [0.2, 0.25) is 0 Å². The molecule has 2 fully saturated rings. The number of ether oxygens (including phenoxy) is 2. The fourth-order valence-electron chi connectivity index (χ4n) is 5.23. The molecule has 1 saturated carbocycles. The van der Waals surface area contributed by atoms with Crippen LogP contribution in [0.25, 0.3) is 10.8 Å². The third-order valence-corrected chi connectivity index (χ3v) is 7.47. The minimum absolute atomic E-state index is 0.0737. The van der Waals surface area contributed by atoms with E-state index in [0.29, 0.717) is 50.5 Å². The van der Waals surface area contributed by atoms with E-state index < -0.39 is 0 Å². The van der Waals surface area contributed by atoms with Gasteiger partial charge in [-0.3, -0.25) is 14.4 Å². The molecule has 0 radical (unpaired) electrons. The van der Waals surface area contributed by atoms with Crippen LogP contribution in [0.4, 0.5) is 0 Å². The second kappa shape index (κ2) is 12.8. The number of carbonyl (C=O) groups excluding carboxylic acids is 3. The van der Waals surface area contributed by atoms with E-state index >= 15 is 0 Å². The van der Waals surface area contributed by atoms with Crippen molar-refractivity contribution in [3.63, 3.8) is 0 Å². The molecule has 0 atom stereocenters. The van der Waals surface area contributed by atoms with E-state index in [2.05, 4.69) is 10.6 Å². The number of nitrogens with one attached hydrogen (secondary N) is 2. The SMILES string of the molecule is O=C(NCCNC(=O)c1ccc2ccccc2c1)c1ccc(OC2CCC(C(=O)N3CCOCC3)CC2)cc1. The van der Waals surface area contributed by atoms with Crippen LogP contribution >= 0.6 is 0 Å². The number of rotatable bonds is 8. The molecule has 8 nitrogen and oxygen atoms in total. The van der Waals surface area contributed by atoms with E-state index in [1.807, 2.05) is 41.3 Å². The minimum Gasteiger partial charge on any atom is -0.490 e. The average molecular weight is 530 g/mol. The highest BCUT2D eigenvalue weighted by atomic mass is 16.5. The quantitative estimate of drug-likeness (QED) is 0.433. The minimum atomic E-state index is -0.205. The molecule has 2 N–H and O–H groups in total. The molecule has 204 valence electrons. The molecule has 0 spiro atoms. The molecule has 1 aliphatic heterocycles. The van der Waals surface area contributed by atoms with Crippen molar-refractivity contribution in [3.05, 3.63) is 77.9 Å². The molecule has 1 heterocycles. The van der Waals surface area contributed by atoms with Gasteiger partial charge in [0.05, 0.1) is 19.3 Å². The van der Waals surface area contributed by atoms with Gasteiger partial charge in [-0.25, -0.2) is 0 Å². The number of fused-ring (bicyclic) bond motifs is 1. The smallest absolute Gasteiger partial charge is 0.251 e. The number of hydrogen-bond acceptors (Lipinski definition) is 5. The van der Waals surface area contributed by atoms with Crippen molar-refractivity contribution in [2.24, 2.45) is 5.92 Å². The van der Waals surface area contributed by atoms with Crippen LogP contribution in [0, 0.1) is 5.92 Å². The van der Waals surface area contributed by atoms with Gasteiger partial charge in [-0.2, -0.15) is 0 Å². The lowest BCUT2D eigenvalue weighted by Gasteiger charge is -2.34. The fraction of sp³-hybridized carbons (Fsp3) is 0.387. The van der Waals surface area contributed by atoms with Gasteiger partial charge in [0.25, 0.3) is 11.8 Å². The van der Waals surface area contributed by atoms with E-state index in [0.717, 1.165) is 42.2 Å². The Morgan fingerprint density at radius 1 is 0.769 bits per heavy atom. The third kappa shape index (κ3) is 6.95. The Kier molecular flexibility index (Phi) is 8.73. The standard InChI is InChI=1S/C31H35N3O5/c35-29(32-15-16-33-30(36)26-6-5-22-3-1-2-4-25(22)21-26)23-7-11-27(12-8-23)39-28-13-9-24(10-14-28)31(37)34-17-19-38-20-18-34/h1-8,11-12,21,24,28H,9-10,13-20H2,(H,32,35)(H,33,36). The summed E-state index contributed by atoms with van der Waals surface area (Å²) in [6, 6.07) is 20.6. The highest BCUT2D eigenvalue weighted by molar-refractivity contribution is 5.98. The molecule has 0 bridgehead atoms. The maximum atomic E-state index is 12.7. The maximum absolute atomic E-state index is 12.7. The first-order chi connectivity index (χ1) is 19.1. The van der Waals surface area contributed by atoms with Gasteiger partial charge >= 0.3 is 0 Å². The molecular formula is C31H35N3O5. The van der Waals surface area contributed by atoms with Crippen molar-refractivity contribution in [3.8, 4) is 5.75 Å². The van der Waals surface area contributed by atoms with Crippen LogP contribution in [0.3, 0.4) is 0 Å². The van der Waals surface area contributed by atoms with Crippen LogP contribution in [0.15, 0.2) is 66.7 Å². The monoisotopic (exact) mass is 529 g/mol. The summed E-state index contributed by atoms with van der Waals surface area (Å²) in [5.74, 6) is 0.670. The van der Waals surface area contributed by atoms with Crippen LogP contribution < -0.4 is 15.4 Å². The summed E-state index contributed by atoms with van der Waals surface area (Å²) in [7, 11) is 0. The molecular weight excluding hydrogens is 494 g/mol. The number of amides is 3. The Morgan fingerprint density at radius 2 is 1.38 bits per heavy atom. The van der Waals surface area contributed by atoms with Gasteiger partial charge in [0.2, 0.25) is 5.91 Å². The fourth-order valence-corrected chi connectivity index (χ4v) is 5.23. The zero-order chi connectivity index (χ0) is 27.0. The number of hydrogen-bond donors (Lipinski definition) is 2. The van der Waals surface area contributed by atoms with Crippen molar-refractivity contribution in [1.82, 2.24) is 15.5 Å². The Hall–Kier alpha value is -3.91. The van der Waals surface area contributed by atoms with Gasteiger partial charge in [0.15, 0.2) is 0 Å². The van der Waals surface area contributed by atoms with E-state index in [1.165, 1.54) is 0 Å². The molecule has 3 amide bonds. The van der Waals surface area contributed by atoms with Gasteiger partial charge in [0, 0.05) is 43.2 Å². The van der Waals surface area contributed by atoms with Gasteiger partial charge in [0.1, 0.15) is 5.75 Å². The summed E-state index contributed by atoms with van der Waals surface area (Å²) >= 11 is 0. The first-order valence-electron chi connectivity index (χ1n) is 13.8. The Balaban J connectivity index is 1.02. The lowest BCUT2D eigenvalue weighted by molar-refractivity contribution is -0.141. The predicted octanol–water partition coefficient (Wildman–Crippen LogP) is 3.80. The lowest BCUT2D eigenvalue weighted by atomic mass is 9.86. The molecule has 3 aromatic rings. The van der Waals surface area contributed by atoms with E-state index in [-0.39, 0.29) is 29.7 Å². The van der Waals surface area contributed by atoms with Crippen molar-refractivity contribution >= 4 is 28.5 Å². The van der Waals surface area contributed by atoms with Crippen LogP contribution in [-0.4, -0.2) is 68.1 Å². The molecule has 0 unspecified atom stereocenters. The van der Waals surface area contributed by atoms with Crippen LogP contribution in [0.5, 0.6) is 5.75 Å². The summed E-state index contributed by atoms with van der Waals surface area (Å²) in [5.41, 5.74) is 1.12. The molecule has 1 saturated heterocycles. The average Bonchev–Trinajstić information content (AvgIpc) is 2.99. The maximum Gasteiger partial charge on any atom is 0.251 e. The highest BCUT2D eigenvalue weighted by Crippen LogP contribution is 2.29. The van der Waals surface area contributed by atoms with Crippen LogP contribution in [-0.2, 0) is 9.53 Å². The van der Waals surface area contributed by atoms with Crippen molar-refractivity contribution in [1.29, 1.82) is 0 Å². The molecule has 39 heavy (non-hydrogen) atoms. The van der Waals surface area contributed by atoms with Gasteiger partial charge in [-0.05, 0) is 72.9 Å². The van der Waals surface area contributed by atoms with Gasteiger partial charge in [-0.15, -0.1) is 0 Å². The zero-order valence-electron chi connectivity index (χ0n) is 22.1. The largest absolute Gasteiger partial charge is 0.490 e. The number of nitrogens with zero attached hydrogens (tertiary/aromatic N) is 1. The van der Waals surface area contributed by atoms with E-state index in [1.54, 1.807) is 30.3 Å². The first kappa shape index (κ1) is 26.7. The molecule has 2 aliphatic rings. The van der Waals surface area contributed by atoms with Gasteiger partial charge < -0.3 is 25.0 Å². The van der Waals surface area contributed by atoms with Gasteiger partial charge in [-0.1, -0.05) is 30.3 Å². The Bertz CT molecular complexity index is 1300. The van der Waals surface area contributed by atoms with Crippen molar-refractivity contribution in [2.45, 2.75) is 31.8 Å². The van der Waals surface area contributed by atoms with Crippen molar-refractivity contribution in [2.75, 3.05) is 39.4 Å². The van der Waals surface area contributed by atoms with E-state index in [4.69, 9.17) is 9.47 Å². The number of benzene rings is 3. The zero-order valence-corrected chi connectivity index (χ0v) is 22.1. The Labute approximate surface area is 228 Å². The number of carbonyl (C=O) groups is 3. The molecule has 5 rings (SSSR count). The molecule has 0 aromatic heterocycles. The second-order valence-electron chi connectivity index (χ2n) is 10.1. The number of morpholine rings is 1. The van der Waals surface area contributed by atoms with Crippen molar-refractivity contribution < 1.29 is 23.9 Å². The molecule has 1 aliphatic carbocycles. The lowest BCUT2D eigenvalue weighted by Crippen LogP contribution is -2.45. The normalized spacial score (nSPS) is 19.3. The predicted molar refractivity (Wildman–Crippen MR) is 149 cm³/mol.